The van der Waals surface area contributed by atoms with E-state index in [1.807, 2.05) is 26.0 Å². The van der Waals surface area contributed by atoms with Crippen molar-refractivity contribution in [2.75, 3.05) is 19.8 Å². The fourth-order valence-corrected chi connectivity index (χ4v) is 3.73. The minimum Gasteiger partial charge on any atom is -0.490 e. The highest BCUT2D eigenvalue weighted by Crippen LogP contribution is 2.34. The van der Waals surface area contributed by atoms with Gasteiger partial charge in [-0.05, 0) is 57.2 Å². The van der Waals surface area contributed by atoms with E-state index in [1.165, 1.54) is 6.42 Å². The average molecular weight is 398 g/mol. The molecule has 1 heterocycles. The molecule has 4 nitrogen and oxygen atoms in total. The molecule has 1 aromatic carbocycles. The molecule has 1 amide bonds. The number of amides is 1. The van der Waals surface area contributed by atoms with E-state index in [-0.39, 0.29) is 5.91 Å². The van der Waals surface area contributed by atoms with Gasteiger partial charge in [0.05, 0.1) is 19.6 Å². The number of hydrogen-bond acceptors (Lipinski definition) is 3. The van der Waals surface area contributed by atoms with Gasteiger partial charge in [0.25, 0.3) is 0 Å². The lowest BCUT2D eigenvalue weighted by molar-refractivity contribution is -0.134. The van der Waals surface area contributed by atoms with Gasteiger partial charge in [0.15, 0.2) is 11.5 Å². The summed E-state index contributed by atoms with van der Waals surface area (Å²) in [5.41, 5.74) is 0.951. The number of likely N-dealkylation sites (tertiary alicyclic amines) is 1. The second-order valence-electron chi connectivity index (χ2n) is 6.08. The Hall–Kier alpha value is -1.23. The number of benzene rings is 1. The third kappa shape index (κ3) is 4.65. The Balaban J connectivity index is 2.18. The lowest BCUT2D eigenvalue weighted by Crippen LogP contribution is -2.44. The van der Waals surface area contributed by atoms with Crippen LogP contribution in [0.5, 0.6) is 11.5 Å². The number of halogens is 1. The van der Waals surface area contributed by atoms with Gasteiger partial charge < -0.3 is 14.4 Å². The van der Waals surface area contributed by atoms with E-state index in [0.29, 0.717) is 37.2 Å². The normalized spacial score (nSPS) is 17.7. The molecule has 134 valence electrons. The molecule has 0 spiro atoms. The maximum Gasteiger partial charge on any atom is 0.227 e. The van der Waals surface area contributed by atoms with Crippen LogP contribution in [-0.2, 0) is 11.2 Å². The molecule has 0 saturated carbocycles. The molecule has 5 heteroatoms. The first-order valence-electron chi connectivity index (χ1n) is 8.98. The summed E-state index contributed by atoms with van der Waals surface area (Å²) < 4.78 is 12.2. The van der Waals surface area contributed by atoms with Gasteiger partial charge in [-0.1, -0.05) is 22.9 Å². The third-order valence-corrected chi connectivity index (χ3v) is 5.21. The highest BCUT2D eigenvalue weighted by Gasteiger charge is 2.26. The van der Waals surface area contributed by atoms with Crippen LogP contribution >= 0.6 is 15.9 Å². The number of carbonyl (C=O) groups is 1. The molecular formula is C19H28BrNO3. The van der Waals surface area contributed by atoms with E-state index in [9.17, 15) is 4.79 Å². The van der Waals surface area contributed by atoms with Crippen molar-refractivity contribution in [1.82, 2.24) is 4.90 Å². The summed E-state index contributed by atoms with van der Waals surface area (Å²) in [6.45, 7) is 8.08. The average Bonchev–Trinajstić information content (AvgIpc) is 2.59. The molecule has 24 heavy (non-hydrogen) atoms. The van der Waals surface area contributed by atoms with Gasteiger partial charge in [-0.3, -0.25) is 4.79 Å². The Morgan fingerprint density at radius 2 is 1.83 bits per heavy atom. The van der Waals surface area contributed by atoms with Crippen molar-refractivity contribution in [2.24, 2.45) is 0 Å². The Morgan fingerprint density at radius 1 is 1.17 bits per heavy atom. The van der Waals surface area contributed by atoms with Crippen molar-refractivity contribution in [1.29, 1.82) is 0 Å². The van der Waals surface area contributed by atoms with Crippen LogP contribution in [0.2, 0.25) is 0 Å². The smallest absolute Gasteiger partial charge is 0.227 e. The second-order valence-corrected chi connectivity index (χ2v) is 6.93. The first-order chi connectivity index (χ1) is 11.6. The molecule has 0 aliphatic carbocycles. The minimum atomic E-state index is 0.203. The van der Waals surface area contributed by atoms with Crippen molar-refractivity contribution < 1.29 is 14.3 Å². The SMILES string of the molecule is CCOc1cc(Br)c(CC(=O)N2CCCCC2CC)cc1OCC. The Labute approximate surface area is 153 Å². The zero-order valence-corrected chi connectivity index (χ0v) is 16.5. The molecule has 1 aromatic rings. The van der Waals surface area contributed by atoms with E-state index >= 15 is 0 Å². The lowest BCUT2D eigenvalue weighted by Gasteiger charge is -2.35. The Morgan fingerprint density at radius 3 is 2.46 bits per heavy atom. The molecule has 1 saturated heterocycles. The summed E-state index contributed by atoms with van der Waals surface area (Å²) in [5.74, 6) is 1.62. The predicted molar refractivity (Wildman–Crippen MR) is 99.8 cm³/mol. The van der Waals surface area contributed by atoms with Crippen LogP contribution in [0.1, 0.15) is 52.0 Å². The van der Waals surface area contributed by atoms with Gasteiger partial charge >= 0.3 is 0 Å². The standard InChI is InChI=1S/C19H28BrNO3/c1-4-15-9-7-8-10-21(15)19(22)12-14-11-17(23-5-2)18(24-6-3)13-16(14)20/h11,13,15H,4-10,12H2,1-3H3. The first kappa shape index (κ1) is 19.1. The van der Waals surface area contributed by atoms with Gasteiger partial charge in [-0.2, -0.15) is 0 Å². The summed E-state index contributed by atoms with van der Waals surface area (Å²) in [5, 5.41) is 0. The maximum absolute atomic E-state index is 12.8. The number of hydrogen-bond donors (Lipinski definition) is 0. The number of carbonyl (C=O) groups excluding carboxylic acids is 1. The molecule has 0 N–H and O–H groups in total. The zero-order chi connectivity index (χ0) is 17.5. The topological polar surface area (TPSA) is 38.8 Å². The Bertz CT molecular complexity index is 562. The quantitative estimate of drug-likeness (QED) is 0.675. The summed E-state index contributed by atoms with van der Waals surface area (Å²) >= 11 is 3.58. The van der Waals surface area contributed by atoms with Gasteiger partial charge in [0.1, 0.15) is 0 Å². The van der Waals surface area contributed by atoms with E-state index in [4.69, 9.17) is 9.47 Å². The fraction of sp³-hybridized carbons (Fsp3) is 0.632. The van der Waals surface area contributed by atoms with Gasteiger partial charge in [-0.15, -0.1) is 0 Å². The second kappa shape index (κ2) is 9.30. The van der Waals surface area contributed by atoms with Crippen molar-refractivity contribution in [3.05, 3.63) is 22.2 Å². The maximum atomic E-state index is 12.8. The highest BCUT2D eigenvalue weighted by atomic mass is 79.9. The van der Waals surface area contributed by atoms with Crippen molar-refractivity contribution >= 4 is 21.8 Å². The molecule has 0 aromatic heterocycles. The van der Waals surface area contributed by atoms with Crippen molar-refractivity contribution in [3.8, 4) is 11.5 Å². The van der Waals surface area contributed by atoms with Crippen LogP contribution in [0, 0.1) is 0 Å². The number of nitrogens with zero attached hydrogens (tertiary/aromatic N) is 1. The molecular weight excluding hydrogens is 370 g/mol. The molecule has 0 bridgehead atoms. The third-order valence-electron chi connectivity index (χ3n) is 4.47. The number of piperidine rings is 1. The van der Waals surface area contributed by atoms with Crippen molar-refractivity contribution in [3.63, 3.8) is 0 Å². The van der Waals surface area contributed by atoms with Crippen molar-refractivity contribution in [2.45, 2.75) is 58.9 Å². The molecule has 1 atom stereocenters. The van der Waals surface area contributed by atoms with Gasteiger partial charge in [0, 0.05) is 17.1 Å². The zero-order valence-electron chi connectivity index (χ0n) is 14.9. The van der Waals surface area contributed by atoms with E-state index in [2.05, 4.69) is 27.8 Å². The predicted octanol–water partition coefficient (Wildman–Crippen LogP) is 4.58. The number of rotatable bonds is 7. The summed E-state index contributed by atoms with van der Waals surface area (Å²) in [7, 11) is 0. The van der Waals surface area contributed by atoms with Crippen LogP contribution in [0.3, 0.4) is 0 Å². The molecule has 1 aliphatic heterocycles. The molecule has 1 unspecified atom stereocenters. The van der Waals surface area contributed by atoms with Crippen LogP contribution in [0.15, 0.2) is 16.6 Å². The molecule has 0 radical (unpaired) electrons. The van der Waals surface area contributed by atoms with Crippen LogP contribution in [-0.4, -0.2) is 36.6 Å². The van der Waals surface area contributed by atoms with Gasteiger partial charge in [-0.25, -0.2) is 0 Å². The summed E-state index contributed by atoms with van der Waals surface area (Å²) in [6, 6.07) is 4.23. The largest absolute Gasteiger partial charge is 0.490 e. The molecule has 1 fully saturated rings. The first-order valence-corrected chi connectivity index (χ1v) is 9.77. The number of ether oxygens (including phenoxy) is 2. The van der Waals surface area contributed by atoms with E-state index in [0.717, 1.165) is 35.8 Å². The highest BCUT2D eigenvalue weighted by molar-refractivity contribution is 9.10. The molecule has 1 aliphatic rings. The van der Waals surface area contributed by atoms with E-state index < -0.39 is 0 Å². The monoisotopic (exact) mass is 397 g/mol. The van der Waals surface area contributed by atoms with Gasteiger partial charge in [0.2, 0.25) is 5.91 Å². The van der Waals surface area contributed by atoms with Crippen LogP contribution in [0.25, 0.3) is 0 Å². The van der Waals surface area contributed by atoms with E-state index in [1.54, 1.807) is 0 Å². The van der Waals surface area contributed by atoms with Crippen LogP contribution in [0.4, 0.5) is 0 Å². The summed E-state index contributed by atoms with van der Waals surface area (Å²) in [4.78, 5) is 14.9. The summed E-state index contributed by atoms with van der Waals surface area (Å²) in [6.07, 6.45) is 4.88. The minimum absolute atomic E-state index is 0.203. The Kier molecular flexibility index (Phi) is 7.40. The lowest BCUT2D eigenvalue weighted by atomic mass is 9.99. The molecule has 2 rings (SSSR count). The fourth-order valence-electron chi connectivity index (χ4n) is 3.27. The van der Waals surface area contributed by atoms with Crippen LogP contribution < -0.4 is 9.47 Å².